The topological polar surface area (TPSA) is 74.5 Å². The molecule has 2 aromatic rings. The summed E-state index contributed by atoms with van der Waals surface area (Å²) in [5.41, 5.74) is -0.735. The normalized spacial score (nSPS) is 27.8. The fraction of sp³-hybridized carbons (Fsp3) is 0.609. The van der Waals surface area contributed by atoms with Crippen LogP contribution in [0.4, 0.5) is 23.4 Å². The number of anilines is 1. The highest BCUT2D eigenvalue weighted by Crippen LogP contribution is 2.48. The van der Waals surface area contributed by atoms with Crippen molar-refractivity contribution in [2.45, 2.75) is 62.9 Å². The summed E-state index contributed by atoms with van der Waals surface area (Å²) in [6.07, 6.45) is -2.72. The van der Waals surface area contributed by atoms with Crippen LogP contribution in [0.3, 0.4) is 0 Å². The molecule has 1 aromatic heterocycles. The second-order valence-electron chi connectivity index (χ2n) is 9.48. The van der Waals surface area contributed by atoms with Gasteiger partial charge in [0.15, 0.2) is 11.6 Å². The monoisotopic (exact) mass is 591 g/mol. The van der Waals surface area contributed by atoms with Crippen LogP contribution in [0.1, 0.15) is 32.6 Å². The SMILES string of the molecule is CC1Oc2c(Cl)c(Br)c(F)c3nc(OC[C@@]45CCCN4C[C@H](F)C5)nc(c23)N(CC(F)F)C1CC#N. The summed E-state index contributed by atoms with van der Waals surface area (Å²) < 4.78 is 68.9. The van der Waals surface area contributed by atoms with Crippen LogP contribution in [0.25, 0.3) is 10.9 Å². The zero-order valence-electron chi connectivity index (χ0n) is 19.3. The third-order valence-electron chi connectivity index (χ3n) is 7.27. The Labute approximate surface area is 218 Å². The molecule has 0 spiro atoms. The lowest BCUT2D eigenvalue weighted by Gasteiger charge is -2.33. The van der Waals surface area contributed by atoms with Crippen molar-refractivity contribution < 1.29 is 27.0 Å². The zero-order chi connectivity index (χ0) is 25.8. The number of nitriles is 1. The standard InChI is InChI=1S/C23H23BrClF4N5O2/c1-11-13(3-5-30)34(9-14(27)28)21-15-19(18(29)16(24)17(25)20(15)36-11)31-22(32-21)35-10-23-4-2-6-33(23)8-12(26)7-23/h11-14H,2-4,6-10H2,1H3/t11?,12-,13?,23+/m1/s1. The Balaban J connectivity index is 1.64. The molecule has 1 aromatic carbocycles. The molecule has 4 heterocycles. The second kappa shape index (κ2) is 9.65. The minimum atomic E-state index is -2.78. The highest BCUT2D eigenvalue weighted by Gasteiger charge is 2.49. The van der Waals surface area contributed by atoms with Gasteiger partial charge in [0.25, 0.3) is 6.43 Å². The lowest BCUT2D eigenvalue weighted by Crippen LogP contribution is -2.46. The number of nitrogens with zero attached hydrogens (tertiary/aromatic N) is 5. The van der Waals surface area contributed by atoms with Gasteiger partial charge in [0.2, 0.25) is 0 Å². The Kier molecular flexibility index (Phi) is 6.85. The van der Waals surface area contributed by atoms with E-state index in [1.165, 1.54) is 4.90 Å². The number of halogens is 6. The predicted molar refractivity (Wildman–Crippen MR) is 128 cm³/mol. The summed E-state index contributed by atoms with van der Waals surface area (Å²) in [5.74, 6) is -0.853. The van der Waals surface area contributed by atoms with Gasteiger partial charge in [-0.3, -0.25) is 4.90 Å². The second-order valence-corrected chi connectivity index (χ2v) is 10.7. The maximum Gasteiger partial charge on any atom is 0.319 e. The maximum atomic E-state index is 15.4. The van der Waals surface area contributed by atoms with E-state index in [0.717, 1.165) is 19.4 Å². The van der Waals surface area contributed by atoms with E-state index in [4.69, 9.17) is 21.1 Å². The Bertz CT molecular complexity index is 1230. The van der Waals surface area contributed by atoms with E-state index < -0.39 is 42.6 Å². The summed E-state index contributed by atoms with van der Waals surface area (Å²) in [6, 6.07) is 0.942. The van der Waals surface area contributed by atoms with E-state index in [0.29, 0.717) is 13.0 Å². The van der Waals surface area contributed by atoms with Gasteiger partial charge in [0.05, 0.1) is 40.5 Å². The molecule has 5 rings (SSSR count). The molecule has 194 valence electrons. The molecule has 0 aliphatic carbocycles. The first-order valence-corrected chi connectivity index (χ1v) is 12.8. The highest BCUT2D eigenvalue weighted by atomic mass is 79.9. The van der Waals surface area contributed by atoms with Gasteiger partial charge in [-0.1, -0.05) is 11.6 Å². The molecule has 13 heteroatoms. The molecular formula is C23H23BrClF4N5O2. The number of aromatic nitrogens is 2. The van der Waals surface area contributed by atoms with Crippen LogP contribution >= 0.6 is 27.5 Å². The van der Waals surface area contributed by atoms with Crippen molar-refractivity contribution in [3.63, 3.8) is 0 Å². The number of benzene rings is 1. The van der Waals surface area contributed by atoms with Crippen LogP contribution < -0.4 is 14.4 Å². The number of hydrogen-bond donors (Lipinski definition) is 0. The summed E-state index contributed by atoms with van der Waals surface area (Å²) in [6.45, 7) is 2.00. The smallest absolute Gasteiger partial charge is 0.319 e. The predicted octanol–water partition coefficient (Wildman–Crippen LogP) is 5.27. The zero-order valence-corrected chi connectivity index (χ0v) is 21.6. The molecule has 0 N–H and O–H groups in total. The first kappa shape index (κ1) is 25.5. The third kappa shape index (κ3) is 4.23. The Morgan fingerprint density at radius 1 is 1.39 bits per heavy atom. The van der Waals surface area contributed by atoms with Gasteiger partial charge >= 0.3 is 6.01 Å². The van der Waals surface area contributed by atoms with Crippen LogP contribution in [0.2, 0.25) is 5.02 Å². The van der Waals surface area contributed by atoms with Crippen LogP contribution in [0, 0.1) is 17.1 Å². The average Bonchev–Trinajstić information content (AvgIpc) is 3.32. The van der Waals surface area contributed by atoms with Gasteiger partial charge in [0, 0.05) is 13.0 Å². The summed E-state index contributed by atoms with van der Waals surface area (Å²) >= 11 is 9.51. The fourth-order valence-electron chi connectivity index (χ4n) is 5.65. The largest absolute Gasteiger partial charge is 0.486 e. The van der Waals surface area contributed by atoms with Gasteiger partial charge in [-0.05, 0) is 42.2 Å². The van der Waals surface area contributed by atoms with E-state index in [-0.39, 0.29) is 51.0 Å². The minimum absolute atomic E-state index is 0.0198. The Morgan fingerprint density at radius 3 is 2.89 bits per heavy atom. The molecule has 0 amide bonds. The molecular weight excluding hydrogens is 570 g/mol. The van der Waals surface area contributed by atoms with Crippen LogP contribution in [0.5, 0.6) is 11.8 Å². The summed E-state index contributed by atoms with van der Waals surface area (Å²) in [7, 11) is 0. The first-order valence-electron chi connectivity index (χ1n) is 11.6. The van der Waals surface area contributed by atoms with Crippen molar-refractivity contribution in [1.82, 2.24) is 14.9 Å². The number of hydrogen-bond acceptors (Lipinski definition) is 7. The number of alkyl halides is 3. The lowest BCUT2D eigenvalue weighted by atomic mass is 9.95. The summed E-state index contributed by atoms with van der Waals surface area (Å²) in [4.78, 5) is 12.0. The molecule has 3 aliphatic heterocycles. The van der Waals surface area contributed by atoms with Crippen molar-refractivity contribution >= 4 is 44.3 Å². The molecule has 0 radical (unpaired) electrons. The van der Waals surface area contributed by atoms with Gasteiger partial charge in [0.1, 0.15) is 35.2 Å². The quantitative estimate of drug-likeness (QED) is 0.334. The fourth-order valence-corrected chi connectivity index (χ4v) is 6.24. The van der Waals surface area contributed by atoms with Crippen LogP contribution in [-0.4, -0.2) is 71.4 Å². The Morgan fingerprint density at radius 2 is 2.17 bits per heavy atom. The van der Waals surface area contributed by atoms with Crippen molar-refractivity contribution in [2.24, 2.45) is 0 Å². The van der Waals surface area contributed by atoms with E-state index >= 15 is 4.39 Å². The van der Waals surface area contributed by atoms with Gasteiger partial charge in [-0.15, -0.1) is 0 Å². The average molecular weight is 593 g/mol. The minimum Gasteiger partial charge on any atom is -0.486 e. The van der Waals surface area contributed by atoms with Crippen molar-refractivity contribution in [2.75, 3.05) is 31.1 Å². The number of ether oxygens (including phenoxy) is 2. The maximum absolute atomic E-state index is 15.4. The molecule has 2 fully saturated rings. The van der Waals surface area contributed by atoms with Crippen LogP contribution in [-0.2, 0) is 0 Å². The van der Waals surface area contributed by atoms with Gasteiger partial charge in [-0.25, -0.2) is 17.6 Å². The molecule has 2 unspecified atom stereocenters. The van der Waals surface area contributed by atoms with E-state index in [2.05, 4.69) is 25.9 Å². The molecule has 3 aliphatic rings. The highest BCUT2D eigenvalue weighted by molar-refractivity contribution is 9.10. The van der Waals surface area contributed by atoms with Crippen molar-refractivity contribution in [3.8, 4) is 17.8 Å². The van der Waals surface area contributed by atoms with E-state index in [9.17, 15) is 18.4 Å². The first-order chi connectivity index (χ1) is 17.1. The Hall–Kier alpha value is -2.10. The molecule has 36 heavy (non-hydrogen) atoms. The number of rotatable bonds is 6. The van der Waals surface area contributed by atoms with E-state index in [1.54, 1.807) is 6.92 Å². The number of fused-ring (bicyclic) bond motifs is 1. The van der Waals surface area contributed by atoms with E-state index in [1.807, 2.05) is 11.0 Å². The van der Waals surface area contributed by atoms with Crippen LogP contribution in [0.15, 0.2) is 4.47 Å². The lowest BCUT2D eigenvalue weighted by molar-refractivity contribution is 0.107. The van der Waals surface area contributed by atoms with Crippen molar-refractivity contribution in [3.05, 3.63) is 15.3 Å². The molecule has 0 bridgehead atoms. The van der Waals surface area contributed by atoms with Gasteiger partial charge in [-0.2, -0.15) is 15.2 Å². The third-order valence-corrected chi connectivity index (χ3v) is 8.61. The van der Waals surface area contributed by atoms with Gasteiger partial charge < -0.3 is 14.4 Å². The van der Waals surface area contributed by atoms with Crippen molar-refractivity contribution in [1.29, 1.82) is 5.26 Å². The molecule has 4 atom stereocenters. The molecule has 7 nitrogen and oxygen atoms in total. The summed E-state index contributed by atoms with van der Waals surface area (Å²) in [5, 5.41) is 9.32. The molecule has 2 saturated heterocycles. The molecule has 0 saturated carbocycles.